The minimum absolute atomic E-state index is 0.00698. The lowest BCUT2D eigenvalue weighted by Crippen LogP contribution is -2.50. The average Bonchev–Trinajstić information content (AvgIpc) is 3.07. The van der Waals surface area contributed by atoms with Crippen LogP contribution in [0.2, 0.25) is 0 Å². The summed E-state index contributed by atoms with van der Waals surface area (Å²) in [6.45, 7) is 7.20. The van der Waals surface area contributed by atoms with Crippen molar-refractivity contribution in [3.05, 3.63) is 41.5 Å². The number of hydrogen-bond acceptors (Lipinski definition) is 5. The topological polar surface area (TPSA) is 76.2 Å². The number of hydrogen-bond donors (Lipinski definition) is 0. The first-order chi connectivity index (χ1) is 16.2. The van der Waals surface area contributed by atoms with Gasteiger partial charge in [0.1, 0.15) is 5.60 Å². The quantitative estimate of drug-likeness (QED) is 0.551. The Kier molecular flexibility index (Phi) is 6.94. The Morgan fingerprint density at radius 2 is 1.91 bits per heavy atom. The average molecular weight is 467 g/mol. The fraction of sp³-hybridized carbons (Fsp3) is 0.519. The van der Waals surface area contributed by atoms with Gasteiger partial charge in [-0.25, -0.2) is 4.79 Å². The number of ether oxygens (including phenoxy) is 2. The van der Waals surface area contributed by atoms with Crippen molar-refractivity contribution in [3.63, 3.8) is 0 Å². The summed E-state index contributed by atoms with van der Waals surface area (Å²) in [5.74, 6) is -0.00361. The lowest BCUT2D eigenvalue weighted by Gasteiger charge is -2.36. The van der Waals surface area contributed by atoms with Gasteiger partial charge in [0.2, 0.25) is 0 Å². The van der Waals surface area contributed by atoms with Gasteiger partial charge >= 0.3 is 6.09 Å². The van der Waals surface area contributed by atoms with E-state index in [0.717, 1.165) is 41.3 Å². The van der Waals surface area contributed by atoms with E-state index in [2.05, 4.69) is 0 Å². The zero-order valence-corrected chi connectivity index (χ0v) is 20.6. The second kappa shape index (κ2) is 9.74. The van der Waals surface area contributed by atoms with E-state index in [1.165, 1.54) is 0 Å². The van der Waals surface area contributed by atoms with E-state index in [4.69, 9.17) is 9.47 Å². The molecule has 0 bridgehead atoms. The van der Waals surface area contributed by atoms with E-state index in [-0.39, 0.29) is 18.1 Å². The molecule has 1 fully saturated rings. The maximum absolute atomic E-state index is 13.4. The molecule has 1 saturated heterocycles. The number of rotatable bonds is 7. The molecule has 2 aliphatic heterocycles. The highest BCUT2D eigenvalue weighted by atomic mass is 16.6. The number of likely N-dealkylation sites (tertiary alicyclic amines) is 1. The summed E-state index contributed by atoms with van der Waals surface area (Å²) in [6, 6.07) is 9.10. The summed E-state index contributed by atoms with van der Waals surface area (Å²) in [4.78, 5) is 42.6. The van der Waals surface area contributed by atoms with Gasteiger partial charge < -0.3 is 14.4 Å². The number of amides is 2. The molecular weight excluding hydrogens is 432 g/mol. The van der Waals surface area contributed by atoms with Crippen LogP contribution in [0.4, 0.5) is 10.5 Å². The first-order valence-corrected chi connectivity index (χ1v) is 12.1. The van der Waals surface area contributed by atoms with Crippen LogP contribution >= 0.6 is 0 Å². The first-order valence-electron chi connectivity index (χ1n) is 12.1. The monoisotopic (exact) mass is 466 g/mol. The van der Waals surface area contributed by atoms with Crippen LogP contribution in [0.1, 0.15) is 62.4 Å². The summed E-state index contributed by atoms with van der Waals surface area (Å²) < 4.78 is 10.7. The van der Waals surface area contributed by atoms with Gasteiger partial charge in [0.15, 0.2) is 5.78 Å². The SMILES string of the molecule is COCCCN1C(=O)c2cccc3c(CC(=O)C4CCCCN4C(=O)OC(C)(C)C)ccc1c23. The van der Waals surface area contributed by atoms with Crippen molar-refractivity contribution in [3.8, 4) is 0 Å². The molecule has 34 heavy (non-hydrogen) atoms. The zero-order valence-electron chi connectivity index (χ0n) is 20.6. The highest BCUT2D eigenvalue weighted by molar-refractivity contribution is 6.25. The third-order valence-electron chi connectivity index (χ3n) is 6.47. The van der Waals surface area contributed by atoms with Gasteiger partial charge in [0, 0.05) is 44.2 Å². The molecular formula is C27H34N2O5. The van der Waals surface area contributed by atoms with Crippen LogP contribution in [0.25, 0.3) is 10.8 Å². The van der Waals surface area contributed by atoms with Crippen LogP contribution in [0.5, 0.6) is 0 Å². The molecule has 2 aromatic carbocycles. The van der Waals surface area contributed by atoms with Crippen LogP contribution in [0, 0.1) is 0 Å². The Balaban J connectivity index is 1.59. The van der Waals surface area contributed by atoms with E-state index >= 15 is 0 Å². The first kappa shape index (κ1) is 24.2. The summed E-state index contributed by atoms with van der Waals surface area (Å²) in [6.07, 6.45) is 2.95. The van der Waals surface area contributed by atoms with Gasteiger partial charge in [-0.05, 0) is 69.5 Å². The molecule has 0 aromatic heterocycles. The second-order valence-corrected chi connectivity index (χ2v) is 10.1. The molecule has 4 rings (SSSR count). The predicted molar refractivity (Wildman–Crippen MR) is 131 cm³/mol. The fourth-order valence-electron chi connectivity index (χ4n) is 4.96. The van der Waals surface area contributed by atoms with Crippen LogP contribution < -0.4 is 4.90 Å². The Labute approximate surface area is 201 Å². The third kappa shape index (κ3) is 4.80. The summed E-state index contributed by atoms with van der Waals surface area (Å²) in [5.41, 5.74) is 1.83. The highest BCUT2D eigenvalue weighted by Gasteiger charge is 2.35. The molecule has 0 aliphatic carbocycles. The fourth-order valence-corrected chi connectivity index (χ4v) is 4.96. The van der Waals surface area contributed by atoms with Crippen molar-refractivity contribution in [1.82, 2.24) is 4.90 Å². The van der Waals surface area contributed by atoms with E-state index in [9.17, 15) is 14.4 Å². The number of anilines is 1. The van der Waals surface area contributed by atoms with Crippen molar-refractivity contribution in [2.24, 2.45) is 0 Å². The van der Waals surface area contributed by atoms with E-state index in [1.54, 1.807) is 16.9 Å². The van der Waals surface area contributed by atoms with Crippen LogP contribution in [-0.4, -0.2) is 61.1 Å². The second-order valence-electron chi connectivity index (χ2n) is 10.1. The van der Waals surface area contributed by atoms with Crippen molar-refractivity contribution in [1.29, 1.82) is 0 Å². The number of carbonyl (C=O) groups is 3. The summed E-state index contributed by atoms with van der Waals surface area (Å²) in [7, 11) is 1.65. The Morgan fingerprint density at radius 1 is 1.12 bits per heavy atom. The number of carbonyl (C=O) groups excluding carboxylic acids is 3. The largest absolute Gasteiger partial charge is 0.444 e. The van der Waals surface area contributed by atoms with E-state index < -0.39 is 17.7 Å². The highest BCUT2D eigenvalue weighted by Crippen LogP contribution is 2.39. The van der Waals surface area contributed by atoms with Crippen molar-refractivity contribution in [2.75, 3.05) is 31.7 Å². The molecule has 1 unspecified atom stereocenters. The Hall–Kier alpha value is -2.93. The van der Waals surface area contributed by atoms with E-state index in [1.807, 2.05) is 51.1 Å². The minimum atomic E-state index is -0.610. The zero-order chi connectivity index (χ0) is 24.5. The van der Waals surface area contributed by atoms with Crippen LogP contribution in [0.15, 0.2) is 30.3 Å². The van der Waals surface area contributed by atoms with Crippen molar-refractivity contribution >= 4 is 34.2 Å². The molecule has 2 aromatic rings. The van der Waals surface area contributed by atoms with Gasteiger partial charge in [0.05, 0.1) is 11.7 Å². The molecule has 0 saturated carbocycles. The normalized spacial score (nSPS) is 18.0. The Morgan fingerprint density at radius 3 is 2.65 bits per heavy atom. The molecule has 0 spiro atoms. The van der Waals surface area contributed by atoms with Gasteiger partial charge in [-0.15, -0.1) is 0 Å². The van der Waals surface area contributed by atoms with Crippen molar-refractivity contribution in [2.45, 2.75) is 64.5 Å². The molecule has 1 atom stereocenters. The van der Waals surface area contributed by atoms with Gasteiger partial charge in [0.25, 0.3) is 5.91 Å². The molecule has 7 heteroatoms. The standard InChI is InChI=1S/C27H34N2O5/c1-27(2,3)34-26(32)29-14-6-5-11-21(29)23(30)17-18-12-13-22-24-19(18)9-7-10-20(24)25(31)28(22)15-8-16-33-4/h7,9-10,12-13,21H,5-6,8,11,14-17H2,1-4H3. The van der Waals surface area contributed by atoms with Crippen molar-refractivity contribution < 1.29 is 23.9 Å². The summed E-state index contributed by atoms with van der Waals surface area (Å²) in [5, 5.41) is 1.83. The molecule has 182 valence electrons. The summed E-state index contributed by atoms with van der Waals surface area (Å²) >= 11 is 0. The molecule has 0 radical (unpaired) electrons. The number of methoxy groups -OCH3 is 1. The predicted octanol–water partition coefficient (Wildman–Crippen LogP) is 4.74. The molecule has 7 nitrogen and oxygen atoms in total. The maximum atomic E-state index is 13.4. The van der Waals surface area contributed by atoms with Gasteiger partial charge in [-0.1, -0.05) is 18.2 Å². The smallest absolute Gasteiger partial charge is 0.410 e. The number of ketones is 1. The van der Waals surface area contributed by atoms with Gasteiger partial charge in [-0.2, -0.15) is 0 Å². The number of Topliss-reactive ketones (excluding diaryl/α,β-unsaturated/α-hetero) is 1. The molecule has 2 amide bonds. The Bertz CT molecular complexity index is 1100. The third-order valence-corrected chi connectivity index (χ3v) is 6.47. The minimum Gasteiger partial charge on any atom is -0.444 e. The lowest BCUT2D eigenvalue weighted by atomic mass is 9.92. The molecule has 2 heterocycles. The van der Waals surface area contributed by atoms with E-state index in [0.29, 0.717) is 31.7 Å². The van der Waals surface area contributed by atoms with Gasteiger partial charge in [-0.3, -0.25) is 14.5 Å². The number of piperidine rings is 1. The molecule has 0 N–H and O–H groups in total. The van der Waals surface area contributed by atoms with Crippen LogP contribution in [0.3, 0.4) is 0 Å². The number of benzene rings is 2. The lowest BCUT2D eigenvalue weighted by molar-refractivity contribution is -0.124. The molecule has 2 aliphatic rings. The number of nitrogens with zero attached hydrogens (tertiary/aromatic N) is 2. The van der Waals surface area contributed by atoms with Crippen LogP contribution in [-0.2, 0) is 20.7 Å². The maximum Gasteiger partial charge on any atom is 0.410 e.